The lowest BCUT2D eigenvalue weighted by Gasteiger charge is -2.17. The van der Waals surface area contributed by atoms with Crippen LogP contribution in [0.2, 0.25) is 0 Å². The molecule has 0 aliphatic carbocycles. The van der Waals surface area contributed by atoms with Gasteiger partial charge in [0, 0.05) is 33.6 Å². The Labute approximate surface area is 173 Å². The van der Waals surface area contributed by atoms with Gasteiger partial charge in [0.15, 0.2) is 0 Å². The maximum atomic E-state index is 12.6. The van der Waals surface area contributed by atoms with Gasteiger partial charge in [-0.2, -0.15) is 0 Å². The number of amides is 1. The average molecular weight is 461 g/mol. The van der Waals surface area contributed by atoms with Crippen LogP contribution in [0.1, 0.15) is 15.9 Å². The smallest absolute Gasteiger partial charge is 0.313 e. The van der Waals surface area contributed by atoms with Crippen LogP contribution in [-0.2, 0) is 16.0 Å². The summed E-state index contributed by atoms with van der Waals surface area (Å²) >= 11 is 4.01. The molecule has 6 nitrogen and oxygen atoms in total. The largest absolute Gasteiger partial charge is 0.481 e. The maximum Gasteiger partial charge on any atom is 0.313 e. The van der Waals surface area contributed by atoms with Gasteiger partial charge in [0.2, 0.25) is 5.12 Å². The highest BCUT2D eigenvalue weighted by Crippen LogP contribution is 2.21. The SMILES string of the molecule is O=C(O)CSC(=O)[C@H](Cc1c[nH]c2ccccc12)NC(=O)c1ccc(Br)cc1. The summed E-state index contributed by atoms with van der Waals surface area (Å²) in [6.07, 6.45) is 2.07. The van der Waals surface area contributed by atoms with Crippen molar-refractivity contribution in [2.45, 2.75) is 12.5 Å². The summed E-state index contributed by atoms with van der Waals surface area (Å²) in [6.45, 7) is 0. The highest BCUT2D eigenvalue weighted by molar-refractivity contribution is 9.10. The minimum atomic E-state index is -1.08. The second-order valence-corrected chi connectivity index (χ2v) is 7.99. The van der Waals surface area contributed by atoms with Crippen molar-refractivity contribution in [2.75, 3.05) is 5.75 Å². The van der Waals surface area contributed by atoms with Gasteiger partial charge in [-0.15, -0.1) is 0 Å². The Hall–Kier alpha value is -2.58. The first-order valence-electron chi connectivity index (χ1n) is 8.44. The van der Waals surface area contributed by atoms with Crippen molar-refractivity contribution in [1.29, 1.82) is 0 Å². The average Bonchev–Trinajstić information content (AvgIpc) is 3.09. The molecule has 2 aromatic carbocycles. The van der Waals surface area contributed by atoms with E-state index >= 15 is 0 Å². The number of halogens is 1. The highest BCUT2D eigenvalue weighted by Gasteiger charge is 2.24. The summed E-state index contributed by atoms with van der Waals surface area (Å²) in [5, 5.41) is 12.2. The molecule has 0 aliphatic heterocycles. The van der Waals surface area contributed by atoms with Crippen molar-refractivity contribution in [3.05, 3.63) is 70.3 Å². The van der Waals surface area contributed by atoms with Gasteiger partial charge >= 0.3 is 5.97 Å². The number of nitrogens with one attached hydrogen (secondary N) is 2. The van der Waals surface area contributed by atoms with Crippen molar-refractivity contribution in [2.24, 2.45) is 0 Å². The zero-order valence-corrected chi connectivity index (χ0v) is 17.0. The number of benzene rings is 2. The number of carboxylic acid groups (broad SMARTS) is 1. The highest BCUT2D eigenvalue weighted by atomic mass is 79.9. The number of aromatic nitrogens is 1. The van der Waals surface area contributed by atoms with E-state index < -0.39 is 17.1 Å². The van der Waals surface area contributed by atoms with Gasteiger partial charge in [-0.25, -0.2) is 0 Å². The normalized spacial score (nSPS) is 11.9. The molecular formula is C20H17BrN2O4S. The lowest BCUT2D eigenvalue weighted by atomic mass is 10.1. The van der Waals surface area contributed by atoms with E-state index in [0.29, 0.717) is 17.3 Å². The Kier molecular flexibility index (Phi) is 6.53. The van der Waals surface area contributed by atoms with Crippen molar-refractivity contribution in [3.8, 4) is 0 Å². The maximum absolute atomic E-state index is 12.6. The van der Waals surface area contributed by atoms with E-state index in [1.54, 1.807) is 30.5 Å². The third-order valence-electron chi connectivity index (χ3n) is 4.13. The molecule has 0 radical (unpaired) electrons. The molecule has 1 amide bonds. The van der Waals surface area contributed by atoms with Crippen LogP contribution in [0.4, 0.5) is 0 Å². The molecule has 0 spiro atoms. The topological polar surface area (TPSA) is 99.3 Å². The molecule has 1 heterocycles. The second kappa shape index (κ2) is 9.07. The van der Waals surface area contributed by atoms with Crippen LogP contribution >= 0.6 is 27.7 Å². The number of carboxylic acids is 1. The number of aromatic amines is 1. The summed E-state index contributed by atoms with van der Waals surface area (Å²) in [5.74, 6) is -1.82. The van der Waals surface area contributed by atoms with Gasteiger partial charge < -0.3 is 15.4 Å². The predicted octanol–water partition coefficient (Wildman–Crippen LogP) is 3.62. The van der Waals surface area contributed by atoms with Crippen LogP contribution in [0.5, 0.6) is 0 Å². The van der Waals surface area contributed by atoms with E-state index in [9.17, 15) is 14.4 Å². The van der Waals surface area contributed by atoms with Crippen LogP contribution in [0.3, 0.4) is 0 Å². The summed E-state index contributed by atoms with van der Waals surface area (Å²) < 4.78 is 0.840. The van der Waals surface area contributed by atoms with Crippen LogP contribution < -0.4 is 5.32 Å². The van der Waals surface area contributed by atoms with Gasteiger partial charge in [0.25, 0.3) is 5.91 Å². The van der Waals surface area contributed by atoms with Crippen LogP contribution in [-0.4, -0.2) is 38.9 Å². The molecule has 0 fully saturated rings. The molecule has 28 heavy (non-hydrogen) atoms. The fraction of sp³-hybridized carbons (Fsp3) is 0.150. The number of H-pyrrole nitrogens is 1. The first-order valence-corrected chi connectivity index (χ1v) is 10.2. The van der Waals surface area contributed by atoms with Crippen molar-refractivity contribution < 1.29 is 19.5 Å². The standard InChI is InChI=1S/C20H17BrN2O4S/c21-14-7-5-12(6-8-14)19(26)23-17(20(27)28-11-18(24)25)9-13-10-22-16-4-2-1-3-15(13)16/h1-8,10,17,22H,9,11H2,(H,23,26)(H,24,25)/t17-/m0/s1. The molecule has 3 N–H and O–H groups in total. The van der Waals surface area contributed by atoms with Crippen molar-refractivity contribution in [1.82, 2.24) is 10.3 Å². The number of thioether (sulfide) groups is 1. The van der Waals surface area contributed by atoms with Gasteiger partial charge in [-0.3, -0.25) is 14.4 Å². The number of rotatable bonds is 7. The molecule has 3 rings (SSSR count). The van der Waals surface area contributed by atoms with E-state index in [1.165, 1.54) is 0 Å². The van der Waals surface area contributed by atoms with E-state index in [0.717, 1.165) is 20.9 Å². The number of carbonyl (C=O) groups excluding carboxylic acids is 2. The van der Waals surface area contributed by atoms with E-state index in [-0.39, 0.29) is 18.1 Å². The first-order chi connectivity index (χ1) is 13.4. The second-order valence-electron chi connectivity index (χ2n) is 6.10. The number of fused-ring (bicyclic) bond motifs is 1. The molecule has 3 aromatic rings. The molecular weight excluding hydrogens is 444 g/mol. The Morgan fingerprint density at radius 1 is 1.11 bits per heavy atom. The van der Waals surface area contributed by atoms with Crippen LogP contribution in [0.15, 0.2) is 59.2 Å². The first kappa shape index (κ1) is 20.2. The molecule has 0 saturated carbocycles. The fourth-order valence-corrected chi connectivity index (χ4v) is 3.66. The summed E-state index contributed by atoms with van der Waals surface area (Å²) in [4.78, 5) is 39.2. The quantitative estimate of drug-likeness (QED) is 0.499. The monoisotopic (exact) mass is 460 g/mol. The Morgan fingerprint density at radius 2 is 1.82 bits per heavy atom. The van der Waals surface area contributed by atoms with Gasteiger partial charge in [0.1, 0.15) is 6.04 Å². The Balaban J connectivity index is 1.81. The molecule has 144 valence electrons. The fourth-order valence-electron chi connectivity index (χ4n) is 2.79. The van der Waals surface area contributed by atoms with Gasteiger partial charge in [-0.1, -0.05) is 45.9 Å². The molecule has 8 heteroatoms. The van der Waals surface area contributed by atoms with Crippen molar-refractivity contribution >= 4 is 55.6 Å². The molecule has 1 aromatic heterocycles. The third-order valence-corrected chi connectivity index (χ3v) is 5.62. The number of para-hydroxylation sites is 1. The lowest BCUT2D eigenvalue weighted by Crippen LogP contribution is -2.41. The minimum absolute atomic E-state index is 0.262. The Morgan fingerprint density at radius 3 is 2.54 bits per heavy atom. The zero-order chi connectivity index (χ0) is 20.1. The van der Waals surface area contributed by atoms with Gasteiger partial charge in [-0.05, 0) is 35.9 Å². The molecule has 0 aliphatic rings. The zero-order valence-electron chi connectivity index (χ0n) is 14.6. The molecule has 0 bridgehead atoms. The number of hydrogen-bond acceptors (Lipinski definition) is 4. The predicted molar refractivity (Wildman–Crippen MR) is 112 cm³/mol. The summed E-state index contributed by atoms with van der Waals surface area (Å²) in [5.41, 5.74) is 2.23. The van der Waals surface area contributed by atoms with Crippen LogP contribution in [0.25, 0.3) is 10.9 Å². The van der Waals surface area contributed by atoms with Crippen molar-refractivity contribution in [3.63, 3.8) is 0 Å². The number of aliphatic carboxylic acids is 1. The summed E-state index contributed by atoms with van der Waals surface area (Å²) in [7, 11) is 0. The molecule has 0 saturated heterocycles. The van der Waals surface area contributed by atoms with Crippen LogP contribution in [0, 0.1) is 0 Å². The molecule has 0 unspecified atom stereocenters. The number of carbonyl (C=O) groups is 3. The Bertz CT molecular complexity index is 1020. The summed E-state index contributed by atoms with van der Waals surface area (Å²) in [6, 6.07) is 13.6. The van der Waals surface area contributed by atoms with E-state index in [4.69, 9.17) is 5.11 Å². The number of hydrogen-bond donors (Lipinski definition) is 3. The van der Waals surface area contributed by atoms with E-state index in [2.05, 4.69) is 26.2 Å². The lowest BCUT2D eigenvalue weighted by molar-refractivity contribution is -0.134. The molecule has 1 atom stereocenters. The van der Waals surface area contributed by atoms with Gasteiger partial charge in [0.05, 0.1) is 5.75 Å². The third kappa shape index (κ3) is 5.02. The minimum Gasteiger partial charge on any atom is -0.481 e. The van der Waals surface area contributed by atoms with E-state index in [1.807, 2.05) is 24.3 Å².